The molecule has 5 nitrogen and oxygen atoms in total. The fraction of sp³-hybridized carbons (Fsp3) is 0.667. The van der Waals surface area contributed by atoms with Gasteiger partial charge in [0, 0.05) is 24.8 Å². The first-order chi connectivity index (χ1) is 12.5. The van der Waals surface area contributed by atoms with Crippen molar-refractivity contribution in [3.63, 3.8) is 0 Å². The molecule has 0 aliphatic carbocycles. The van der Waals surface area contributed by atoms with Crippen molar-refractivity contribution in [2.24, 2.45) is 10.9 Å². The second-order valence-corrected chi connectivity index (χ2v) is 11.5. The van der Waals surface area contributed by atoms with Crippen LogP contribution in [0.1, 0.15) is 52.2 Å². The van der Waals surface area contributed by atoms with E-state index in [-0.39, 0.29) is 47.1 Å². The van der Waals surface area contributed by atoms with Crippen molar-refractivity contribution >= 4 is 45.5 Å². The van der Waals surface area contributed by atoms with E-state index in [4.69, 9.17) is 4.99 Å². The van der Waals surface area contributed by atoms with Crippen molar-refractivity contribution in [1.29, 1.82) is 0 Å². The Bertz CT molecular complexity index is 829. The van der Waals surface area contributed by atoms with Crippen LogP contribution in [0.2, 0.25) is 0 Å². The fourth-order valence-corrected chi connectivity index (χ4v) is 5.64. The highest BCUT2D eigenvalue weighted by Crippen LogP contribution is 2.33. The molecule has 7 heteroatoms. The van der Waals surface area contributed by atoms with Crippen molar-refractivity contribution in [3.05, 3.63) is 29.3 Å². The normalized spacial score (nSPS) is 21.6. The Morgan fingerprint density at radius 2 is 2.04 bits per heavy atom. The molecule has 1 aromatic carbocycles. The molecule has 0 amide bonds. The predicted molar refractivity (Wildman–Crippen MR) is 129 cm³/mol. The molecule has 28 heavy (non-hydrogen) atoms. The molecule has 0 saturated carbocycles. The van der Waals surface area contributed by atoms with E-state index in [0.717, 1.165) is 25.3 Å². The Morgan fingerprint density at radius 1 is 1.32 bits per heavy atom. The van der Waals surface area contributed by atoms with E-state index >= 15 is 0 Å². The molecule has 1 atom stereocenters. The zero-order valence-corrected chi connectivity index (χ0v) is 20.8. The van der Waals surface area contributed by atoms with Gasteiger partial charge in [-0.05, 0) is 55.2 Å². The second kappa shape index (κ2) is 8.90. The van der Waals surface area contributed by atoms with Gasteiger partial charge in [-0.15, -0.1) is 24.0 Å². The van der Waals surface area contributed by atoms with Gasteiger partial charge in [-0.3, -0.25) is 4.99 Å². The van der Waals surface area contributed by atoms with Crippen LogP contribution in [0.15, 0.2) is 23.2 Å². The van der Waals surface area contributed by atoms with Crippen molar-refractivity contribution in [1.82, 2.24) is 5.32 Å². The monoisotopic (exact) mass is 519 g/mol. The number of benzene rings is 1. The number of nitrogens with zero attached hydrogens (tertiary/aromatic N) is 2. The molecule has 0 spiro atoms. The minimum atomic E-state index is -2.86. The highest BCUT2D eigenvalue weighted by molar-refractivity contribution is 14.0. The van der Waals surface area contributed by atoms with Gasteiger partial charge in [0.25, 0.3) is 0 Å². The first kappa shape index (κ1) is 23.4. The summed E-state index contributed by atoms with van der Waals surface area (Å²) in [5, 5.41) is 3.48. The molecule has 2 heterocycles. The van der Waals surface area contributed by atoms with E-state index in [0.29, 0.717) is 12.3 Å². The van der Waals surface area contributed by atoms with E-state index < -0.39 is 9.84 Å². The molecule has 2 aliphatic rings. The Hall–Kier alpha value is -0.830. The van der Waals surface area contributed by atoms with Gasteiger partial charge in [0.15, 0.2) is 15.8 Å². The van der Waals surface area contributed by atoms with Gasteiger partial charge in [0.1, 0.15) is 0 Å². The molecule has 0 aromatic heterocycles. The summed E-state index contributed by atoms with van der Waals surface area (Å²) in [6, 6.07) is 7.02. The minimum absolute atomic E-state index is 0. The van der Waals surface area contributed by atoms with E-state index in [1.54, 1.807) is 0 Å². The largest absolute Gasteiger partial charge is 0.354 e. The number of hydrogen-bond acceptors (Lipinski definition) is 3. The molecule has 0 bridgehead atoms. The highest BCUT2D eigenvalue weighted by Gasteiger charge is 2.29. The van der Waals surface area contributed by atoms with Crippen LogP contribution in [0.25, 0.3) is 0 Å². The number of aliphatic imine (C=N–C) groups is 1. The fourth-order valence-electron chi connectivity index (χ4n) is 3.79. The van der Waals surface area contributed by atoms with E-state index in [1.165, 1.54) is 16.8 Å². The number of fused-ring (bicyclic) bond motifs is 1. The minimum Gasteiger partial charge on any atom is -0.354 e. The Kier molecular flexibility index (Phi) is 7.45. The lowest BCUT2D eigenvalue weighted by molar-refractivity contribution is 0.588. The summed E-state index contributed by atoms with van der Waals surface area (Å²) in [7, 11) is -2.86. The SMILES string of the molecule is CC(C)NC(=NCC1CCS(=O)(=O)C1)N1CCc2cc(C(C)(C)C)ccc21.I. The first-order valence-electron chi connectivity index (χ1n) is 9.97. The number of hydrogen-bond donors (Lipinski definition) is 1. The van der Waals surface area contributed by atoms with E-state index in [1.807, 2.05) is 0 Å². The number of guanidine groups is 1. The third-order valence-corrected chi connectivity index (χ3v) is 7.18. The summed E-state index contributed by atoms with van der Waals surface area (Å²) >= 11 is 0. The average molecular weight is 519 g/mol. The first-order valence-corrected chi connectivity index (χ1v) is 11.8. The summed E-state index contributed by atoms with van der Waals surface area (Å²) in [4.78, 5) is 7.09. The molecule has 1 fully saturated rings. The zero-order valence-electron chi connectivity index (χ0n) is 17.7. The number of anilines is 1. The van der Waals surface area contributed by atoms with Crippen molar-refractivity contribution in [2.45, 2.75) is 58.9 Å². The lowest BCUT2D eigenvalue weighted by atomic mass is 9.86. The van der Waals surface area contributed by atoms with Crippen LogP contribution in [-0.4, -0.2) is 45.0 Å². The molecule has 2 aliphatic heterocycles. The smallest absolute Gasteiger partial charge is 0.198 e. The lowest BCUT2D eigenvalue weighted by Crippen LogP contribution is -2.44. The standard InChI is InChI=1S/C21H33N3O2S.HI/c1-15(2)23-20(22-13-16-9-11-27(25,26)14-16)24-10-8-17-12-18(21(3,4)5)6-7-19(17)24;/h6-7,12,15-16H,8-11,13-14H2,1-5H3,(H,22,23);1H. The van der Waals surface area contributed by atoms with Gasteiger partial charge in [-0.25, -0.2) is 8.42 Å². The molecule has 158 valence electrons. The number of rotatable bonds is 3. The maximum atomic E-state index is 11.7. The molecular formula is C21H34IN3O2S. The van der Waals surface area contributed by atoms with Gasteiger partial charge >= 0.3 is 0 Å². The number of sulfone groups is 1. The molecular weight excluding hydrogens is 485 g/mol. The van der Waals surface area contributed by atoms with E-state index in [2.05, 4.69) is 63.0 Å². The van der Waals surface area contributed by atoms with Crippen LogP contribution in [0.4, 0.5) is 5.69 Å². The van der Waals surface area contributed by atoms with Gasteiger partial charge in [0.05, 0.1) is 11.5 Å². The molecule has 3 rings (SSSR count). The summed E-state index contributed by atoms with van der Waals surface area (Å²) in [6.45, 7) is 12.4. The molecule has 0 radical (unpaired) electrons. The molecule has 1 aromatic rings. The number of nitrogens with one attached hydrogen (secondary N) is 1. The van der Waals surface area contributed by atoms with Crippen LogP contribution < -0.4 is 10.2 Å². The van der Waals surface area contributed by atoms with Crippen LogP contribution >= 0.6 is 24.0 Å². The van der Waals surface area contributed by atoms with Crippen LogP contribution in [-0.2, 0) is 21.7 Å². The summed E-state index contributed by atoms with van der Waals surface area (Å²) in [5.41, 5.74) is 4.08. The van der Waals surface area contributed by atoms with Gasteiger partial charge in [0.2, 0.25) is 0 Å². The molecule has 1 saturated heterocycles. The maximum absolute atomic E-state index is 11.7. The van der Waals surface area contributed by atoms with Crippen LogP contribution in [0.3, 0.4) is 0 Å². The Balaban J connectivity index is 0.00000280. The van der Waals surface area contributed by atoms with Gasteiger partial charge in [-0.2, -0.15) is 0 Å². The van der Waals surface area contributed by atoms with Crippen molar-refractivity contribution < 1.29 is 8.42 Å². The Labute approximate surface area is 187 Å². The van der Waals surface area contributed by atoms with E-state index in [9.17, 15) is 8.42 Å². The third kappa shape index (κ3) is 5.62. The Morgan fingerprint density at radius 3 is 2.61 bits per heavy atom. The van der Waals surface area contributed by atoms with Crippen LogP contribution in [0, 0.1) is 5.92 Å². The highest BCUT2D eigenvalue weighted by atomic mass is 127. The summed E-state index contributed by atoms with van der Waals surface area (Å²) < 4.78 is 23.4. The third-order valence-electron chi connectivity index (χ3n) is 5.34. The van der Waals surface area contributed by atoms with Gasteiger partial charge in [-0.1, -0.05) is 32.9 Å². The number of halogens is 1. The van der Waals surface area contributed by atoms with Crippen molar-refractivity contribution in [3.8, 4) is 0 Å². The zero-order chi connectivity index (χ0) is 19.8. The lowest BCUT2D eigenvalue weighted by Gasteiger charge is -2.26. The van der Waals surface area contributed by atoms with Crippen LogP contribution in [0.5, 0.6) is 0 Å². The molecule has 1 N–H and O–H groups in total. The predicted octanol–water partition coefficient (Wildman–Crippen LogP) is 3.75. The maximum Gasteiger partial charge on any atom is 0.198 e. The second-order valence-electron chi connectivity index (χ2n) is 9.23. The topological polar surface area (TPSA) is 61.8 Å². The summed E-state index contributed by atoms with van der Waals surface area (Å²) in [5.74, 6) is 1.60. The average Bonchev–Trinajstić information content (AvgIpc) is 3.12. The van der Waals surface area contributed by atoms with Crippen molar-refractivity contribution in [2.75, 3.05) is 29.5 Å². The summed E-state index contributed by atoms with van der Waals surface area (Å²) in [6.07, 6.45) is 1.74. The quantitative estimate of drug-likeness (QED) is 0.376. The molecule has 1 unspecified atom stereocenters. The van der Waals surface area contributed by atoms with Gasteiger partial charge < -0.3 is 10.2 Å².